The van der Waals surface area contributed by atoms with E-state index >= 15 is 0 Å². The molecule has 1 unspecified atom stereocenters. The lowest BCUT2D eigenvalue weighted by Gasteiger charge is -2.43. The van der Waals surface area contributed by atoms with Crippen LogP contribution >= 0.6 is 0 Å². The molecule has 2 aromatic rings. The molecule has 1 spiro atoms. The molecule has 0 bridgehead atoms. The Morgan fingerprint density at radius 3 is 2.96 bits per heavy atom. The second-order valence-electron chi connectivity index (χ2n) is 6.86. The van der Waals surface area contributed by atoms with E-state index in [9.17, 15) is 4.79 Å². The molecule has 4 heterocycles. The highest BCUT2D eigenvalue weighted by Crippen LogP contribution is 2.24. The minimum absolute atomic E-state index is 0.0965. The van der Waals surface area contributed by atoms with Gasteiger partial charge in [0.2, 0.25) is 0 Å². The van der Waals surface area contributed by atoms with Gasteiger partial charge >= 0.3 is 0 Å². The molecule has 7 nitrogen and oxygen atoms in total. The topological polar surface area (TPSA) is 68.0 Å². The van der Waals surface area contributed by atoms with E-state index in [1.54, 1.807) is 23.2 Å². The number of morpholine rings is 1. The minimum atomic E-state index is -0.515. The van der Waals surface area contributed by atoms with Crippen molar-refractivity contribution in [3.8, 4) is 0 Å². The smallest absolute Gasteiger partial charge is 0.289 e. The fourth-order valence-electron chi connectivity index (χ4n) is 3.63. The number of hydrogen-bond donors (Lipinski definition) is 0. The first-order valence-electron chi connectivity index (χ1n) is 8.90. The predicted molar refractivity (Wildman–Crippen MR) is 93.6 cm³/mol. The van der Waals surface area contributed by atoms with Crippen molar-refractivity contribution in [2.75, 3.05) is 46.0 Å². The number of carbonyl (C=O) groups excluding carboxylic acids is 1. The maximum atomic E-state index is 12.7. The highest BCUT2D eigenvalue weighted by molar-refractivity contribution is 5.91. The second kappa shape index (κ2) is 7.57. The molecule has 0 N–H and O–H groups in total. The average molecular weight is 357 g/mol. The van der Waals surface area contributed by atoms with Crippen molar-refractivity contribution in [3.63, 3.8) is 0 Å². The summed E-state index contributed by atoms with van der Waals surface area (Å²) in [6.45, 7) is 5.01. The van der Waals surface area contributed by atoms with Crippen LogP contribution in [0.1, 0.15) is 16.1 Å². The van der Waals surface area contributed by atoms with Gasteiger partial charge < -0.3 is 18.8 Å². The summed E-state index contributed by atoms with van der Waals surface area (Å²) < 4.78 is 17.2. The van der Waals surface area contributed by atoms with Gasteiger partial charge in [-0.25, -0.2) is 0 Å². The van der Waals surface area contributed by atoms with Crippen molar-refractivity contribution in [1.29, 1.82) is 0 Å². The Morgan fingerprint density at radius 2 is 2.15 bits per heavy atom. The van der Waals surface area contributed by atoms with Gasteiger partial charge in [-0.3, -0.25) is 14.7 Å². The molecule has 138 valence electrons. The monoisotopic (exact) mass is 357 g/mol. The van der Waals surface area contributed by atoms with E-state index in [2.05, 4.69) is 16.0 Å². The van der Waals surface area contributed by atoms with Gasteiger partial charge in [-0.15, -0.1) is 0 Å². The molecule has 2 fully saturated rings. The van der Waals surface area contributed by atoms with Crippen LogP contribution < -0.4 is 0 Å². The molecule has 0 radical (unpaired) electrons. The first kappa shape index (κ1) is 17.2. The standard InChI is InChI=1S/C19H23N3O4/c23-18(17-4-2-8-25-17)22-7-10-26-19(14-22)13-21(6-9-24-15-19)12-16-3-1-5-20-11-16/h1-5,8,11H,6-7,9-10,12-15H2. The van der Waals surface area contributed by atoms with Crippen molar-refractivity contribution < 1.29 is 18.7 Å². The van der Waals surface area contributed by atoms with Gasteiger partial charge in [0.15, 0.2) is 5.76 Å². The van der Waals surface area contributed by atoms with Crippen molar-refractivity contribution in [2.24, 2.45) is 0 Å². The van der Waals surface area contributed by atoms with E-state index in [1.165, 1.54) is 6.26 Å². The van der Waals surface area contributed by atoms with Crippen LogP contribution in [-0.4, -0.2) is 72.3 Å². The van der Waals surface area contributed by atoms with Crippen molar-refractivity contribution in [1.82, 2.24) is 14.8 Å². The molecular weight excluding hydrogens is 334 g/mol. The summed E-state index contributed by atoms with van der Waals surface area (Å²) in [6.07, 6.45) is 5.18. The molecule has 2 aliphatic rings. The van der Waals surface area contributed by atoms with Crippen LogP contribution in [0, 0.1) is 0 Å². The zero-order valence-corrected chi connectivity index (χ0v) is 14.7. The summed E-state index contributed by atoms with van der Waals surface area (Å²) in [5.41, 5.74) is 0.642. The number of amides is 1. The normalized spacial score (nSPS) is 24.5. The third kappa shape index (κ3) is 3.80. The van der Waals surface area contributed by atoms with E-state index in [1.807, 2.05) is 12.3 Å². The quantitative estimate of drug-likeness (QED) is 0.828. The SMILES string of the molecule is O=C(c1ccco1)N1CCOC2(COCCN(Cc3cccnc3)C2)C1. The van der Waals surface area contributed by atoms with Gasteiger partial charge in [0, 0.05) is 38.6 Å². The fourth-order valence-corrected chi connectivity index (χ4v) is 3.63. The number of carbonyl (C=O) groups is 1. The first-order chi connectivity index (χ1) is 12.7. The number of rotatable bonds is 3. The largest absolute Gasteiger partial charge is 0.459 e. The zero-order chi connectivity index (χ0) is 17.8. The highest BCUT2D eigenvalue weighted by Gasteiger charge is 2.42. The zero-order valence-electron chi connectivity index (χ0n) is 14.7. The molecule has 0 aromatic carbocycles. The third-order valence-electron chi connectivity index (χ3n) is 4.83. The summed E-state index contributed by atoms with van der Waals surface area (Å²) >= 11 is 0. The summed E-state index contributed by atoms with van der Waals surface area (Å²) in [5, 5.41) is 0. The van der Waals surface area contributed by atoms with Crippen LogP contribution in [0.3, 0.4) is 0 Å². The van der Waals surface area contributed by atoms with Crippen LogP contribution in [-0.2, 0) is 16.0 Å². The van der Waals surface area contributed by atoms with Gasteiger partial charge in [0.05, 0.1) is 32.6 Å². The van der Waals surface area contributed by atoms with Crippen LogP contribution in [0.15, 0.2) is 47.3 Å². The molecular formula is C19H23N3O4. The van der Waals surface area contributed by atoms with E-state index in [4.69, 9.17) is 13.9 Å². The van der Waals surface area contributed by atoms with Gasteiger partial charge in [0.25, 0.3) is 5.91 Å². The van der Waals surface area contributed by atoms with Crippen molar-refractivity contribution >= 4 is 5.91 Å². The van der Waals surface area contributed by atoms with Crippen LogP contribution in [0.25, 0.3) is 0 Å². The van der Waals surface area contributed by atoms with Crippen molar-refractivity contribution in [2.45, 2.75) is 12.1 Å². The lowest BCUT2D eigenvalue weighted by Crippen LogP contribution is -2.59. The number of nitrogens with zero attached hydrogens (tertiary/aromatic N) is 3. The van der Waals surface area contributed by atoms with E-state index in [-0.39, 0.29) is 5.91 Å². The Labute approximate surface area is 152 Å². The molecule has 2 aromatic heterocycles. The number of pyridine rings is 1. The molecule has 0 saturated carbocycles. The second-order valence-corrected chi connectivity index (χ2v) is 6.86. The van der Waals surface area contributed by atoms with Gasteiger partial charge in [-0.1, -0.05) is 6.07 Å². The van der Waals surface area contributed by atoms with Gasteiger partial charge in [-0.05, 0) is 23.8 Å². The predicted octanol–water partition coefficient (Wildman–Crippen LogP) is 1.42. The van der Waals surface area contributed by atoms with E-state index in [0.29, 0.717) is 45.2 Å². The van der Waals surface area contributed by atoms with Crippen LogP contribution in [0.2, 0.25) is 0 Å². The maximum Gasteiger partial charge on any atom is 0.289 e. The Balaban J connectivity index is 1.47. The molecule has 2 aliphatic heterocycles. The number of furan rings is 1. The molecule has 1 atom stereocenters. The average Bonchev–Trinajstić information content (AvgIpc) is 3.14. The Kier molecular flexibility index (Phi) is 5.01. The number of hydrogen-bond acceptors (Lipinski definition) is 6. The summed E-state index contributed by atoms with van der Waals surface area (Å²) in [7, 11) is 0. The van der Waals surface area contributed by atoms with Gasteiger partial charge in [-0.2, -0.15) is 0 Å². The summed E-state index contributed by atoms with van der Waals surface area (Å²) in [6, 6.07) is 7.44. The van der Waals surface area contributed by atoms with Gasteiger partial charge in [0.1, 0.15) is 5.60 Å². The highest BCUT2D eigenvalue weighted by atomic mass is 16.5. The van der Waals surface area contributed by atoms with Crippen LogP contribution in [0.4, 0.5) is 0 Å². The first-order valence-corrected chi connectivity index (χ1v) is 8.90. The molecule has 7 heteroatoms. The number of aromatic nitrogens is 1. The van der Waals surface area contributed by atoms with E-state index < -0.39 is 5.60 Å². The minimum Gasteiger partial charge on any atom is -0.459 e. The number of ether oxygens (including phenoxy) is 2. The lowest BCUT2D eigenvalue weighted by molar-refractivity contribution is -0.133. The molecule has 0 aliphatic carbocycles. The molecule has 1 amide bonds. The fraction of sp³-hybridized carbons (Fsp3) is 0.474. The Morgan fingerprint density at radius 1 is 1.19 bits per heavy atom. The van der Waals surface area contributed by atoms with Crippen molar-refractivity contribution in [3.05, 3.63) is 54.2 Å². The third-order valence-corrected chi connectivity index (χ3v) is 4.83. The van der Waals surface area contributed by atoms with E-state index in [0.717, 1.165) is 18.7 Å². The summed E-state index contributed by atoms with van der Waals surface area (Å²) in [5.74, 6) is 0.268. The van der Waals surface area contributed by atoms with Crippen LogP contribution in [0.5, 0.6) is 0 Å². The summed E-state index contributed by atoms with van der Waals surface area (Å²) in [4.78, 5) is 21.0. The molecule has 4 rings (SSSR count). The molecule has 26 heavy (non-hydrogen) atoms. The Bertz CT molecular complexity index is 722. The lowest BCUT2D eigenvalue weighted by atomic mass is 10.0. The Hall–Kier alpha value is -2.22. The molecule has 2 saturated heterocycles. The maximum absolute atomic E-state index is 12.7.